The Labute approximate surface area is 295 Å². The van der Waals surface area contributed by atoms with Crippen molar-refractivity contribution >= 4 is 68.1 Å². The van der Waals surface area contributed by atoms with E-state index in [1.807, 2.05) is 36.4 Å². The molecule has 2 aromatic heterocycles. The average Bonchev–Trinajstić information content (AvgIpc) is 3.84. The summed E-state index contributed by atoms with van der Waals surface area (Å²) in [6.07, 6.45) is -0.616. The number of carbonyl (C=O) groups excluding carboxylic acids is 3. The normalized spacial score (nSPS) is 13.0. The van der Waals surface area contributed by atoms with Gasteiger partial charge in [-0.05, 0) is 36.4 Å². The molecule has 2 aliphatic rings. The van der Waals surface area contributed by atoms with Crippen molar-refractivity contribution in [2.24, 2.45) is 9.98 Å². The molecule has 0 spiro atoms. The number of hydrogen-bond acceptors (Lipinski definition) is 10. The summed E-state index contributed by atoms with van der Waals surface area (Å²) in [6.45, 7) is -0.125. The molecule has 0 aliphatic carbocycles. The Bertz CT molecular complexity index is 2510. The number of nitrogens with zero attached hydrogens (tertiary/aromatic N) is 4. The molecular weight excluding hydrogens is 668 g/mol. The molecule has 4 aromatic carbocycles. The van der Waals surface area contributed by atoms with Gasteiger partial charge in [0.1, 0.15) is 18.2 Å². The van der Waals surface area contributed by atoms with Gasteiger partial charge in [-0.1, -0.05) is 60.7 Å². The smallest absolute Gasteiger partial charge is 0.308 e. The van der Waals surface area contributed by atoms with Crippen LogP contribution in [-0.4, -0.2) is 66.5 Å². The number of methoxy groups -OCH3 is 1. The molecule has 0 bridgehead atoms. The van der Waals surface area contributed by atoms with Gasteiger partial charge in [0.2, 0.25) is 23.3 Å². The van der Waals surface area contributed by atoms with Crippen LogP contribution in [0.5, 0.6) is 11.8 Å². The summed E-state index contributed by atoms with van der Waals surface area (Å²) < 4.78 is 13.2. The van der Waals surface area contributed by atoms with Gasteiger partial charge in [0, 0.05) is 29.0 Å². The molecule has 2 aliphatic heterocycles. The number of aliphatic imine (C=N–C) groups is 2. The quantitative estimate of drug-likeness (QED) is 0.146. The van der Waals surface area contributed by atoms with Crippen LogP contribution in [0.15, 0.2) is 107 Å². The lowest BCUT2D eigenvalue weighted by Gasteiger charge is -2.08. The molecule has 13 nitrogen and oxygen atoms in total. The highest BCUT2D eigenvalue weighted by Gasteiger charge is 2.32. The third-order valence-corrected chi connectivity index (χ3v) is 8.71. The number of esters is 1. The first kappa shape index (κ1) is 33.6. The number of ether oxygens (including phenoxy) is 2. The van der Waals surface area contributed by atoms with Crippen LogP contribution in [0, 0.1) is 0 Å². The van der Waals surface area contributed by atoms with Crippen molar-refractivity contribution in [2.45, 2.75) is 26.3 Å². The van der Waals surface area contributed by atoms with E-state index in [1.54, 1.807) is 72.3 Å². The predicted molar refractivity (Wildman–Crippen MR) is 191 cm³/mol. The van der Waals surface area contributed by atoms with Crippen molar-refractivity contribution in [3.8, 4) is 11.8 Å². The maximum absolute atomic E-state index is 12.8. The first-order valence-electron chi connectivity index (χ1n) is 16.1. The largest absolute Gasteiger partial charge is 0.494 e. The lowest BCUT2D eigenvalue weighted by Crippen LogP contribution is -2.12. The van der Waals surface area contributed by atoms with Crippen LogP contribution in [0.4, 0.5) is 11.4 Å². The van der Waals surface area contributed by atoms with E-state index in [0.29, 0.717) is 39.0 Å². The number of aromatic hydroxyl groups is 2. The molecule has 4 heterocycles. The minimum absolute atomic E-state index is 0.00652. The van der Waals surface area contributed by atoms with Crippen LogP contribution >= 0.6 is 0 Å². The number of carboxylic acids is 1. The number of para-hydroxylation sites is 4. The highest BCUT2D eigenvalue weighted by atomic mass is 16.5. The van der Waals surface area contributed by atoms with E-state index in [4.69, 9.17) is 14.6 Å². The minimum atomic E-state index is -1.10. The Morgan fingerprint density at radius 3 is 1.54 bits per heavy atom. The SMILES string of the molecule is COCn1c(O)c(C2=Nc3ccccc3C2=O)c2ccccc21.O=C(O)CCC(=O)OCn1c(O)c(C2=Nc3ccccc3C2=O)c2ccccc21. The highest BCUT2D eigenvalue weighted by molar-refractivity contribution is 6.57. The summed E-state index contributed by atoms with van der Waals surface area (Å²) in [5, 5.41) is 31.5. The highest BCUT2D eigenvalue weighted by Crippen LogP contribution is 2.39. The molecule has 52 heavy (non-hydrogen) atoms. The first-order valence-corrected chi connectivity index (χ1v) is 16.1. The van der Waals surface area contributed by atoms with Gasteiger partial charge < -0.3 is 24.8 Å². The monoisotopic (exact) mass is 698 g/mol. The summed E-state index contributed by atoms with van der Waals surface area (Å²) in [4.78, 5) is 56.7. The summed E-state index contributed by atoms with van der Waals surface area (Å²) in [7, 11) is 1.56. The molecular formula is C39H30N4O9. The van der Waals surface area contributed by atoms with Crippen molar-refractivity contribution in [3.05, 3.63) is 119 Å². The topological polar surface area (TPSA) is 182 Å². The Morgan fingerprint density at radius 1 is 0.635 bits per heavy atom. The van der Waals surface area contributed by atoms with Gasteiger partial charge in [0.15, 0.2) is 6.73 Å². The number of carbonyl (C=O) groups is 4. The van der Waals surface area contributed by atoms with Crippen molar-refractivity contribution in [1.82, 2.24) is 9.13 Å². The van der Waals surface area contributed by atoms with Crippen LogP contribution in [-0.2, 0) is 32.5 Å². The van der Waals surface area contributed by atoms with Crippen LogP contribution < -0.4 is 0 Å². The molecule has 0 fully saturated rings. The number of rotatable bonds is 9. The van der Waals surface area contributed by atoms with Gasteiger partial charge in [-0.2, -0.15) is 0 Å². The molecule has 0 atom stereocenters. The zero-order chi connectivity index (χ0) is 36.5. The van der Waals surface area contributed by atoms with Gasteiger partial charge in [-0.3, -0.25) is 28.3 Å². The predicted octanol–water partition coefficient (Wildman–Crippen LogP) is 6.30. The number of Topliss-reactive ketones (excluding diaryl/α,β-unsaturated/α-hetero) is 2. The van der Waals surface area contributed by atoms with Crippen molar-refractivity contribution < 1.29 is 44.0 Å². The molecule has 0 saturated carbocycles. The molecule has 0 saturated heterocycles. The maximum Gasteiger partial charge on any atom is 0.308 e. The fourth-order valence-electron chi connectivity index (χ4n) is 6.32. The second kappa shape index (κ2) is 13.8. The number of aromatic nitrogens is 2. The van der Waals surface area contributed by atoms with Crippen molar-refractivity contribution in [3.63, 3.8) is 0 Å². The molecule has 6 aromatic rings. The number of ketones is 2. The number of carboxylic acid groups (broad SMARTS) is 1. The van der Waals surface area contributed by atoms with Gasteiger partial charge in [0.05, 0.1) is 46.4 Å². The summed E-state index contributed by atoms with van der Waals surface area (Å²) in [5.74, 6) is -2.53. The fourth-order valence-corrected chi connectivity index (χ4v) is 6.32. The second-order valence-corrected chi connectivity index (χ2v) is 11.9. The third-order valence-electron chi connectivity index (χ3n) is 8.71. The summed E-state index contributed by atoms with van der Waals surface area (Å²) >= 11 is 0. The van der Waals surface area contributed by atoms with E-state index in [2.05, 4.69) is 9.98 Å². The second-order valence-electron chi connectivity index (χ2n) is 11.9. The van der Waals surface area contributed by atoms with E-state index < -0.39 is 11.9 Å². The zero-order valence-electron chi connectivity index (χ0n) is 27.6. The summed E-state index contributed by atoms with van der Waals surface area (Å²) in [5.41, 5.74) is 4.65. The first-order chi connectivity index (χ1) is 25.2. The maximum atomic E-state index is 12.8. The lowest BCUT2D eigenvalue weighted by molar-refractivity contribution is -0.150. The Morgan fingerprint density at radius 2 is 1.08 bits per heavy atom. The van der Waals surface area contributed by atoms with Crippen LogP contribution in [0.2, 0.25) is 0 Å². The van der Waals surface area contributed by atoms with E-state index in [9.17, 15) is 29.4 Å². The van der Waals surface area contributed by atoms with Crippen molar-refractivity contribution in [1.29, 1.82) is 0 Å². The number of aliphatic carboxylic acids is 1. The van der Waals surface area contributed by atoms with E-state index in [-0.39, 0.29) is 66.6 Å². The Balaban J connectivity index is 0.000000166. The fraction of sp³-hybridized carbons (Fsp3) is 0.128. The molecule has 260 valence electrons. The standard InChI is InChI=1S/C21H16N2O6.C18H14N2O3/c24-16(25)9-10-17(26)29-11-23-15-8-4-2-6-13(15)18(21(23)28)19-20(27)12-5-1-3-7-14(12)22-19;1-23-10-20-14-9-5-3-7-12(14)15(18(20)22)16-17(21)11-6-2-4-8-13(11)19-16/h1-8,28H,9-11H2,(H,24,25);2-9,22H,10H2,1H3. The van der Waals surface area contributed by atoms with E-state index >= 15 is 0 Å². The number of fused-ring (bicyclic) bond motifs is 4. The number of hydrogen-bond donors (Lipinski definition) is 3. The molecule has 0 amide bonds. The molecule has 3 N–H and O–H groups in total. The lowest BCUT2D eigenvalue weighted by atomic mass is 10.0. The zero-order valence-corrected chi connectivity index (χ0v) is 27.6. The summed E-state index contributed by atoms with van der Waals surface area (Å²) in [6, 6.07) is 28.6. The van der Waals surface area contributed by atoms with Gasteiger partial charge in [0.25, 0.3) is 0 Å². The van der Waals surface area contributed by atoms with Gasteiger partial charge >= 0.3 is 11.9 Å². The molecule has 0 unspecified atom stereocenters. The van der Waals surface area contributed by atoms with Crippen LogP contribution in [0.3, 0.4) is 0 Å². The van der Waals surface area contributed by atoms with Crippen LogP contribution in [0.25, 0.3) is 21.8 Å². The van der Waals surface area contributed by atoms with E-state index in [0.717, 1.165) is 10.9 Å². The third kappa shape index (κ3) is 5.88. The van der Waals surface area contributed by atoms with Crippen LogP contribution in [0.1, 0.15) is 44.7 Å². The molecule has 13 heteroatoms. The molecule has 8 rings (SSSR count). The molecule has 0 radical (unpaired) electrons. The average molecular weight is 699 g/mol. The van der Waals surface area contributed by atoms with E-state index in [1.165, 1.54) is 4.57 Å². The minimum Gasteiger partial charge on any atom is -0.494 e. The van der Waals surface area contributed by atoms with Gasteiger partial charge in [-0.15, -0.1) is 0 Å². The van der Waals surface area contributed by atoms with Gasteiger partial charge in [-0.25, -0.2) is 9.98 Å². The van der Waals surface area contributed by atoms with Crippen molar-refractivity contribution in [2.75, 3.05) is 7.11 Å². The Kier molecular flexibility index (Phi) is 8.93. The Hall–Kier alpha value is -6.86. The number of benzene rings is 4.